The average molecular weight is 228 g/mol. The Morgan fingerprint density at radius 3 is 2.88 bits per heavy atom. The molecule has 1 saturated heterocycles. The van der Waals surface area contributed by atoms with Crippen LogP contribution in [-0.2, 0) is 9.53 Å². The van der Waals surface area contributed by atoms with Crippen molar-refractivity contribution < 1.29 is 9.53 Å². The molecule has 1 atom stereocenters. The summed E-state index contributed by atoms with van der Waals surface area (Å²) < 4.78 is 5.39. The van der Waals surface area contributed by atoms with E-state index in [0.29, 0.717) is 6.67 Å². The molecule has 1 aliphatic heterocycles. The third-order valence-electron chi connectivity index (χ3n) is 2.78. The highest BCUT2D eigenvalue weighted by Gasteiger charge is 2.29. The second-order valence-electron chi connectivity index (χ2n) is 4.27. The van der Waals surface area contributed by atoms with Crippen molar-refractivity contribution in [2.24, 2.45) is 0 Å². The van der Waals surface area contributed by atoms with E-state index in [4.69, 9.17) is 4.74 Å². The summed E-state index contributed by atoms with van der Waals surface area (Å²) in [5, 5.41) is 3.25. The van der Waals surface area contributed by atoms with Crippen LogP contribution in [-0.4, -0.2) is 43.3 Å². The van der Waals surface area contributed by atoms with Crippen molar-refractivity contribution in [3.05, 3.63) is 0 Å². The normalized spacial score (nSPS) is 20.8. The molecule has 1 fully saturated rings. The molecule has 0 aromatic carbocycles. The van der Waals surface area contributed by atoms with E-state index in [1.807, 2.05) is 4.90 Å². The molecule has 0 aliphatic carbocycles. The van der Waals surface area contributed by atoms with Gasteiger partial charge in [-0.25, -0.2) is 0 Å². The lowest BCUT2D eigenvalue weighted by Gasteiger charge is -2.15. The first-order chi connectivity index (χ1) is 7.79. The van der Waals surface area contributed by atoms with Gasteiger partial charge in [-0.15, -0.1) is 0 Å². The van der Waals surface area contributed by atoms with Gasteiger partial charge in [0.2, 0.25) is 5.91 Å². The maximum Gasteiger partial charge on any atom is 0.240 e. The van der Waals surface area contributed by atoms with Crippen molar-refractivity contribution in [3.63, 3.8) is 0 Å². The number of rotatable bonds is 8. The fourth-order valence-corrected chi connectivity index (χ4v) is 1.91. The molecule has 4 heteroatoms. The van der Waals surface area contributed by atoms with Gasteiger partial charge in [-0.3, -0.25) is 10.1 Å². The summed E-state index contributed by atoms with van der Waals surface area (Å²) >= 11 is 0. The molecule has 16 heavy (non-hydrogen) atoms. The van der Waals surface area contributed by atoms with Crippen LogP contribution in [0.3, 0.4) is 0 Å². The van der Waals surface area contributed by atoms with Gasteiger partial charge < -0.3 is 9.64 Å². The highest BCUT2D eigenvalue weighted by molar-refractivity contribution is 5.83. The van der Waals surface area contributed by atoms with Crippen LogP contribution >= 0.6 is 0 Å². The van der Waals surface area contributed by atoms with E-state index < -0.39 is 0 Å². The molecule has 0 bridgehead atoms. The van der Waals surface area contributed by atoms with Crippen LogP contribution in [0.5, 0.6) is 0 Å². The topological polar surface area (TPSA) is 41.6 Å². The van der Waals surface area contributed by atoms with Crippen molar-refractivity contribution in [2.45, 2.75) is 45.6 Å². The van der Waals surface area contributed by atoms with E-state index in [0.717, 1.165) is 45.4 Å². The molecule has 1 amide bonds. The van der Waals surface area contributed by atoms with Gasteiger partial charge >= 0.3 is 0 Å². The second-order valence-corrected chi connectivity index (χ2v) is 4.27. The SMILES string of the molecule is CCCOCCCN1CNC(CCC)C1=O. The standard InChI is InChI=1S/C12H24N2O2/c1-3-6-11-12(15)14(10-13-11)7-5-9-16-8-4-2/h11,13H,3-10H2,1-2H3. The Morgan fingerprint density at radius 1 is 1.38 bits per heavy atom. The summed E-state index contributed by atoms with van der Waals surface area (Å²) in [6.07, 6.45) is 3.99. The Kier molecular flexibility index (Phi) is 6.42. The van der Waals surface area contributed by atoms with Gasteiger partial charge in [0.1, 0.15) is 0 Å². The number of carbonyl (C=O) groups is 1. The first-order valence-electron chi connectivity index (χ1n) is 6.39. The molecular formula is C12H24N2O2. The first kappa shape index (κ1) is 13.5. The first-order valence-corrected chi connectivity index (χ1v) is 6.39. The molecule has 1 heterocycles. The van der Waals surface area contributed by atoms with Gasteiger partial charge in [-0.1, -0.05) is 20.3 Å². The lowest BCUT2D eigenvalue weighted by Crippen LogP contribution is -2.31. The molecule has 0 aromatic heterocycles. The zero-order valence-corrected chi connectivity index (χ0v) is 10.5. The molecule has 1 aliphatic rings. The minimum atomic E-state index is 0.0570. The van der Waals surface area contributed by atoms with Crippen LogP contribution in [0.15, 0.2) is 0 Å². The maximum absolute atomic E-state index is 11.8. The summed E-state index contributed by atoms with van der Waals surface area (Å²) in [5.41, 5.74) is 0. The second kappa shape index (κ2) is 7.63. The quantitative estimate of drug-likeness (QED) is 0.638. The van der Waals surface area contributed by atoms with E-state index in [-0.39, 0.29) is 11.9 Å². The van der Waals surface area contributed by atoms with Crippen LogP contribution < -0.4 is 5.32 Å². The van der Waals surface area contributed by atoms with Crippen molar-refractivity contribution in [1.82, 2.24) is 10.2 Å². The number of amides is 1. The minimum absolute atomic E-state index is 0.0570. The van der Waals surface area contributed by atoms with Crippen LogP contribution in [0.4, 0.5) is 0 Å². The monoisotopic (exact) mass is 228 g/mol. The molecule has 0 radical (unpaired) electrons. The summed E-state index contributed by atoms with van der Waals surface area (Å²) in [6.45, 7) is 7.31. The molecule has 0 saturated carbocycles. The van der Waals surface area contributed by atoms with Gasteiger partial charge in [-0.2, -0.15) is 0 Å². The van der Waals surface area contributed by atoms with E-state index in [2.05, 4.69) is 19.2 Å². The third-order valence-corrected chi connectivity index (χ3v) is 2.78. The predicted octanol–water partition coefficient (Wildman–Crippen LogP) is 1.36. The van der Waals surface area contributed by atoms with Crippen molar-refractivity contribution in [2.75, 3.05) is 26.4 Å². The molecule has 4 nitrogen and oxygen atoms in total. The average Bonchev–Trinajstić information content (AvgIpc) is 2.62. The van der Waals surface area contributed by atoms with Gasteiger partial charge in [0, 0.05) is 19.8 Å². The Labute approximate surface area is 98.3 Å². The van der Waals surface area contributed by atoms with Crippen LogP contribution in [0.1, 0.15) is 39.5 Å². The number of ether oxygens (including phenoxy) is 1. The van der Waals surface area contributed by atoms with Gasteiger partial charge in [-0.05, 0) is 19.3 Å². The number of carbonyl (C=O) groups excluding carboxylic acids is 1. The Balaban J connectivity index is 2.12. The lowest BCUT2D eigenvalue weighted by atomic mass is 10.2. The zero-order chi connectivity index (χ0) is 11.8. The smallest absolute Gasteiger partial charge is 0.240 e. The van der Waals surface area contributed by atoms with Crippen molar-refractivity contribution in [3.8, 4) is 0 Å². The van der Waals surface area contributed by atoms with Crippen LogP contribution in [0, 0.1) is 0 Å². The van der Waals surface area contributed by atoms with Crippen LogP contribution in [0.2, 0.25) is 0 Å². The van der Waals surface area contributed by atoms with E-state index in [1.165, 1.54) is 0 Å². The number of hydrogen-bond donors (Lipinski definition) is 1. The summed E-state index contributed by atoms with van der Waals surface area (Å²) in [4.78, 5) is 13.7. The van der Waals surface area contributed by atoms with Crippen molar-refractivity contribution in [1.29, 1.82) is 0 Å². The minimum Gasteiger partial charge on any atom is -0.381 e. The highest BCUT2D eigenvalue weighted by Crippen LogP contribution is 2.09. The molecular weight excluding hydrogens is 204 g/mol. The molecule has 0 spiro atoms. The summed E-state index contributed by atoms with van der Waals surface area (Å²) in [5.74, 6) is 0.261. The molecule has 1 N–H and O–H groups in total. The molecule has 94 valence electrons. The molecule has 1 rings (SSSR count). The highest BCUT2D eigenvalue weighted by atomic mass is 16.5. The van der Waals surface area contributed by atoms with Gasteiger partial charge in [0.25, 0.3) is 0 Å². The Hall–Kier alpha value is -0.610. The Bertz CT molecular complexity index is 209. The van der Waals surface area contributed by atoms with E-state index >= 15 is 0 Å². The van der Waals surface area contributed by atoms with E-state index in [1.54, 1.807) is 0 Å². The maximum atomic E-state index is 11.8. The van der Waals surface area contributed by atoms with Gasteiger partial charge in [0.05, 0.1) is 12.7 Å². The summed E-state index contributed by atoms with van der Waals surface area (Å²) in [6, 6.07) is 0.0570. The number of nitrogens with one attached hydrogen (secondary N) is 1. The summed E-state index contributed by atoms with van der Waals surface area (Å²) in [7, 11) is 0. The zero-order valence-electron chi connectivity index (χ0n) is 10.5. The molecule has 1 unspecified atom stereocenters. The van der Waals surface area contributed by atoms with E-state index in [9.17, 15) is 4.79 Å². The predicted molar refractivity (Wildman–Crippen MR) is 64.1 cm³/mol. The number of hydrogen-bond acceptors (Lipinski definition) is 3. The fourth-order valence-electron chi connectivity index (χ4n) is 1.91. The Morgan fingerprint density at radius 2 is 2.19 bits per heavy atom. The number of nitrogens with zero attached hydrogens (tertiary/aromatic N) is 1. The molecule has 0 aromatic rings. The largest absolute Gasteiger partial charge is 0.381 e. The third kappa shape index (κ3) is 4.10. The fraction of sp³-hybridized carbons (Fsp3) is 0.917. The lowest BCUT2D eigenvalue weighted by molar-refractivity contribution is -0.129. The van der Waals surface area contributed by atoms with Gasteiger partial charge in [0.15, 0.2) is 0 Å². The van der Waals surface area contributed by atoms with Crippen molar-refractivity contribution >= 4 is 5.91 Å². The van der Waals surface area contributed by atoms with Crippen LogP contribution in [0.25, 0.3) is 0 Å².